The Morgan fingerprint density at radius 2 is 1.86 bits per heavy atom. The fraction of sp³-hybridized carbons (Fsp3) is 0.158. The normalized spacial score (nSPS) is 11.6. The van der Waals surface area contributed by atoms with E-state index in [0.29, 0.717) is 11.5 Å². The molecular weight excluding hydrogens is 404 g/mol. The Morgan fingerprint density at radius 3 is 2.54 bits per heavy atom. The maximum absolute atomic E-state index is 12.3. The summed E-state index contributed by atoms with van der Waals surface area (Å²) in [6.45, 7) is -0.118. The number of carbonyl (C=O) groups excluding carboxylic acids is 1. The van der Waals surface area contributed by atoms with Gasteiger partial charge in [-0.15, -0.1) is 0 Å². The van der Waals surface area contributed by atoms with Gasteiger partial charge in [-0.25, -0.2) is 17.5 Å². The van der Waals surface area contributed by atoms with Crippen molar-refractivity contribution >= 4 is 27.6 Å². The second-order valence-electron chi connectivity index (χ2n) is 6.06. The molecule has 0 bridgehead atoms. The average molecular weight is 421 g/mol. The van der Waals surface area contributed by atoms with Gasteiger partial charge in [0.05, 0.1) is 10.6 Å². The van der Waals surface area contributed by atoms with Gasteiger partial charge in [-0.3, -0.25) is 0 Å². The van der Waals surface area contributed by atoms with Gasteiger partial charge >= 0.3 is 5.97 Å². The van der Waals surface area contributed by atoms with Gasteiger partial charge in [0.1, 0.15) is 17.2 Å². The number of benzene rings is 2. The highest BCUT2D eigenvalue weighted by Gasteiger charge is 2.23. The standard InChI is InChI=1S/C19H17ClN2O5S/c1-22(2)28(24,25)18-10-14(8-9-16(18)20)19(23)26-12-15-11-17(27-21-15)13-6-4-3-5-7-13/h3-11H,12H2,1-2H3. The number of hydrogen-bond donors (Lipinski definition) is 0. The zero-order valence-corrected chi connectivity index (χ0v) is 16.7. The van der Waals surface area contributed by atoms with E-state index in [2.05, 4.69) is 5.16 Å². The molecule has 0 aliphatic carbocycles. The molecule has 0 unspecified atom stereocenters. The van der Waals surface area contributed by atoms with Gasteiger partial charge in [-0.1, -0.05) is 47.1 Å². The highest BCUT2D eigenvalue weighted by molar-refractivity contribution is 7.89. The molecule has 9 heteroatoms. The van der Waals surface area contributed by atoms with Gasteiger partial charge < -0.3 is 9.26 Å². The number of sulfonamides is 1. The van der Waals surface area contributed by atoms with E-state index in [0.717, 1.165) is 9.87 Å². The Hall–Kier alpha value is -2.68. The molecule has 0 radical (unpaired) electrons. The van der Waals surface area contributed by atoms with E-state index < -0.39 is 16.0 Å². The lowest BCUT2D eigenvalue weighted by atomic mass is 10.2. The summed E-state index contributed by atoms with van der Waals surface area (Å²) in [7, 11) is -1.03. The third-order valence-corrected chi connectivity index (χ3v) is 6.19. The maximum Gasteiger partial charge on any atom is 0.338 e. The van der Waals surface area contributed by atoms with Gasteiger partial charge in [0, 0.05) is 25.7 Å². The molecular formula is C19H17ClN2O5S. The second kappa shape index (κ2) is 8.14. The number of rotatable bonds is 6. The van der Waals surface area contributed by atoms with Crippen molar-refractivity contribution in [3.05, 3.63) is 70.9 Å². The Morgan fingerprint density at radius 1 is 1.14 bits per heavy atom. The van der Waals surface area contributed by atoms with E-state index in [-0.39, 0.29) is 22.1 Å². The lowest BCUT2D eigenvalue weighted by Gasteiger charge is -2.13. The van der Waals surface area contributed by atoms with Crippen molar-refractivity contribution in [2.75, 3.05) is 14.1 Å². The minimum absolute atomic E-state index is 0.0225. The summed E-state index contributed by atoms with van der Waals surface area (Å²) in [5, 5.41) is 3.90. The lowest BCUT2D eigenvalue weighted by molar-refractivity contribution is 0.0464. The number of halogens is 1. The molecule has 0 saturated heterocycles. The van der Waals surface area contributed by atoms with Crippen molar-refractivity contribution in [2.24, 2.45) is 0 Å². The molecule has 0 fully saturated rings. The summed E-state index contributed by atoms with van der Waals surface area (Å²) in [6, 6.07) is 15.0. The van der Waals surface area contributed by atoms with Gasteiger partial charge in [0.15, 0.2) is 5.76 Å². The molecule has 28 heavy (non-hydrogen) atoms. The highest BCUT2D eigenvalue weighted by atomic mass is 35.5. The Bertz CT molecular complexity index is 1090. The third kappa shape index (κ3) is 4.24. The van der Waals surface area contributed by atoms with Gasteiger partial charge in [-0.05, 0) is 18.2 Å². The Labute approximate surface area is 167 Å². The van der Waals surface area contributed by atoms with Crippen LogP contribution in [0.2, 0.25) is 5.02 Å². The first kappa shape index (κ1) is 20.1. The summed E-state index contributed by atoms with van der Waals surface area (Å²) in [5.41, 5.74) is 1.35. The molecule has 0 aliphatic rings. The molecule has 0 aliphatic heterocycles. The summed E-state index contributed by atoms with van der Waals surface area (Å²) in [6.07, 6.45) is 0. The topological polar surface area (TPSA) is 89.7 Å². The smallest absolute Gasteiger partial charge is 0.338 e. The molecule has 3 rings (SSSR count). The number of nitrogens with zero attached hydrogens (tertiary/aromatic N) is 2. The van der Waals surface area contributed by atoms with E-state index in [1.807, 2.05) is 30.3 Å². The molecule has 0 N–H and O–H groups in total. The van der Waals surface area contributed by atoms with Crippen LogP contribution in [0.5, 0.6) is 0 Å². The van der Waals surface area contributed by atoms with Crippen LogP contribution < -0.4 is 0 Å². The van der Waals surface area contributed by atoms with Gasteiger partial charge in [-0.2, -0.15) is 0 Å². The van der Waals surface area contributed by atoms with E-state index in [9.17, 15) is 13.2 Å². The largest absolute Gasteiger partial charge is 0.455 e. The lowest BCUT2D eigenvalue weighted by Crippen LogP contribution is -2.23. The van der Waals surface area contributed by atoms with Crippen molar-refractivity contribution in [2.45, 2.75) is 11.5 Å². The maximum atomic E-state index is 12.3. The Kier molecular flexibility index (Phi) is 5.83. The van der Waals surface area contributed by atoms with Crippen LogP contribution in [0.3, 0.4) is 0 Å². The molecule has 0 atom stereocenters. The van der Waals surface area contributed by atoms with Crippen LogP contribution in [0.1, 0.15) is 16.1 Å². The first-order chi connectivity index (χ1) is 13.3. The fourth-order valence-corrected chi connectivity index (χ4v) is 3.76. The number of aromatic nitrogens is 1. The van der Waals surface area contributed by atoms with Crippen LogP contribution in [-0.2, 0) is 21.4 Å². The first-order valence-corrected chi connectivity index (χ1v) is 10.0. The van der Waals surface area contributed by atoms with Crippen LogP contribution in [0.15, 0.2) is 64.0 Å². The van der Waals surface area contributed by atoms with Gasteiger partial charge in [0.25, 0.3) is 0 Å². The fourth-order valence-electron chi connectivity index (χ4n) is 2.37. The molecule has 146 valence electrons. The van der Waals surface area contributed by atoms with Crippen molar-refractivity contribution in [1.82, 2.24) is 9.46 Å². The summed E-state index contributed by atoms with van der Waals surface area (Å²) in [5.74, 6) is -0.145. The number of carbonyl (C=O) groups is 1. The minimum atomic E-state index is -3.79. The van der Waals surface area contributed by atoms with E-state index in [4.69, 9.17) is 20.9 Å². The van der Waals surface area contributed by atoms with Crippen molar-refractivity contribution in [3.8, 4) is 11.3 Å². The summed E-state index contributed by atoms with van der Waals surface area (Å²) in [4.78, 5) is 12.2. The monoisotopic (exact) mass is 420 g/mol. The summed E-state index contributed by atoms with van der Waals surface area (Å²) < 4.78 is 36.1. The third-order valence-electron chi connectivity index (χ3n) is 3.89. The van der Waals surface area contributed by atoms with Crippen molar-refractivity contribution in [1.29, 1.82) is 0 Å². The van der Waals surface area contributed by atoms with Crippen LogP contribution in [0, 0.1) is 0 Å². The van der Waals surface area contributed by atoms with Crippen molar-refractivity contribution < 1.29 is 22.5 Å². The SMILES string of the molecule is CN(C)S(=O)(=O)c1cc(C(=O)OCc2cc(-c3ccccc3)on2)ccc1Cl. The zero-order chi connectivity index (χ0) is 20.3. The number of esters is 1. The van der Waals surface area contributed by atoms with E-state index in [1.54, 1.807) is 6.07 Å². The molecule has 1 aromatic heterocycles. The molecule has 2 aromatic carbocycles. The quantitative estimate of drug-likeness (QED) is 0.566. The predicted molar refractivity (Wildman–Crippen MR) is 103 cm³/mol. The van der Waals surface area contributed by atoms with Gasteiger partial charge in [0.2, 0.25) is 10.0 Å². The molecule has 7 nitrogen and oxygen atoms in total. The molecule has 0 saturated carbocycles. The molecule has 1 heterocycles. The molecule has 0 spiro atoms. The zero-order valence-electron chi connectivity index (χ0n) is 15.1. The van der Waals surface area contributed by atoms with E-state index in [1.165, 1.54) is 32.3 Å². The highest BCUT2D eigenvalue weighted by Crippen LogP contribution is 2.25. The Balaban J connectivity index is 1.73. The predicted octanol–water partition coefficient (Wildman–Crippen LogP) is 3.60. The van der Waals surface area contributed by atoms with Crippen LogP contribution in [0.25, 0.3) is 11.3 Å². The molecule has 0 amide bonds. The average Bonchev–Trinajstić information content (AvgIpc) is 3.16. The first-order valence-electron chi connectivity index (χ1n) is 8.19. The van der Waals surface area contributed by atoms with Crippen LogP contribution in [0.4, 0.5) is 0 Å². The number of ether oxygens (including phenoxy) is 1. The van der Waals surface area contributed by atoms with E-state index >= 15 is 0 Å². The number of hydrogen-bond acceptors (Lipinski definition) is 6. The second-order valence-corrected chi connectivity index (χ2v) is 8.58. The van der Waals surface area contributed by atoms with Crippen LogP contribution >= 0.6 is 11.6 Å². The van der Waals surface area contributed by atoms with Crippen molar-refractivity contribution in [3.63, 3.8) is 0 Å². The molecule has 3 aromatic rings. The summed E-state index contributed by atoms with van der Waals surface area (Å²) >= 11 is 5.98. The van der Waals surface area contributed by atoms with Crippen LogP contribution in [-0.4, -0.2) is 37.9 Å². The minimum Gasteiger partial charge on any atom is -0.455 e.